The van der Waals surface area contributed by atoms with E-state index in [2.05, 4.69) is 47.5 Å². The fourth-order valence-electron chi connectivity index (χ4n) is 5.81. The van der Waals surface area contributed by atoms with Gasteiger partial charge in [0.1, 0.15) is 30.7 Å². The number of nitrogens with one attached hydrogen (secondary N) is 8. The van der Waals surface area contributed by atoms with Crippen molar-refractivity contribution >= 4 is 65.0 Å². The Bertz CT molecular complexity index is 1580. The van der Waals surface area contributed by atoms with Crippen LogP contribution < -0.4 is 54.0 Å². The second-order valence-corrected chi connectivity index (χ2v) is 15.0. The Labute approximate surface area is 347 Å². The van der Waals surface area contributed by atoms with Gasteiger partial charge in [-0.25, -0.2) is 4.79 Å². The molecule has 1 saturated heterocycles. The number of ketones is 2. The van der Waals surface area contributed by atoms with Gasteiger partial charge in [-0.05, 0) is 51.5 Å². The molecule has 1 rings (SSSR count). The first-order chi connectivity index (χ1) is 28.1. The molecule has 0 radical (unpaired) electrons. The van der Waals surface area contributed by atoms with Crippen LogP contribution in [0.15, 0.2) is 4.99 Å². The van der Waals surface area contributed by atoms with E-state index >= 15 is 0 Å². The number of hydrogen-bond donors (Lipinski definition) is 12. The van der Waals surface area contributed by atoms with Gasteiger partial charge in [0.25, 0.3) is 0 Å². The largest absolute Gasteiger partial charge is 0.481 e. The molecule has 338 valence electrons. The maximum absolute atomic E-state index is 14.1. The average Bonchev–Trinajstić information content (AvgIpc) is 3.15. The summed E-state index contributed by atoms with van der Waals surface area (Å²) in [6.45, 7) is 5.74. The summed E-state index contributed by atoms with van der Waals surface area (Å²) in [5, 5.41) is 39.0. The Morgan fingerprint density at radius 1 is 0.883 bits per heavy atom. The van der Waals surface area contributed by atoms with Crippen LogP contribution in [-0.4, -0.2) is 156 Å². The van der Waals surface area contributed by atoms with E-state index in [1.165, 1.54) is 14.0 Å². The van der Waals surface area contributed by atoms with Crippen LogP contribution in [0.2, 0.25) is 0 Å². The van der Waals surface area contributed by atoms with Crippen molar-refractivity contribution in [3.05, 3.63) is 0 Å². The lowest BCUT2D eigenvalue weighted by atomic mass is 9.99. The van der Waals surface area contributed by atoms with Gasteiger partial charge in [-0.15, -0.1) is 0 Å². The van der Waals surface area contributed by atoms with Crippen LogP contribution in [0.3, 0.4) is 0 Å². The molecule has 2 unspecified atom stereocenters. The number of Topliss-reactive ketones (excluding diaryl/α,β-unsaturated/α-hetero) is 2. The van der Waals surface area contributed by atoms with Crippen molar-refractivity contribution in [2.45, 2.75) is 109 Å². The highest BCUT2D eigenvalue weighted by atomic mass is 16.4. The molecule has 0 aromatic heterocycles. The fourth-order valence-corrected chi connectivity index (χ4v) is 5.81. The van der Waals surface area contributed by atoms with Gasteiger partial charge >= 0.3 is 12.0 Å². The minimum atomic E-state index is -1.73. The zero-order valence-corrected chi connectivity index (χ0v) is 34.9. The summed E-state index contributed by atoms with van der Waals surface area (Å²) >= 11 is 0. The summed E-state index contributed by atoms with van der Waals surface area (Å²) in [6, 6.07) is -7.81. The molecule has 0 aromatic carbocycles. The van der Waals surface area contributed by atoms with Crippen molar-refractivity contribution < 1.29 is 58.2 Å². The second-order valence-electron chi connectivity index (χ2n) is 15.0. The molecule has 60 heavy (non-hydrogen) atoms. The Morgan fingerprint density at radius 3 is 2.08 bits per heavy atom. The number of carbonyl (C=O) groups is 10. The fraction of sp³-hybridized carbons (Fsp3) is 0.694. The maximum Gasteiger partial charge on any atom is 0.316 e. The number of guanidine groups is 1. The molecular weight excluding hydrogens is 792 g/mol. The summed E-state index contributed by atoms with van der Waals surface area (Å²) in [6.07, 6.45) is -2.11. The van der Waals surface area contributed by atoms with Crippen molar-refractivity contribution in [3.8, 4) is 0 Å². The number of likely N-dealkylation sites (N-methyl/N-ethyl adjacent to an activating group) is 1. The Hall–Kier alpha value is -5.91. The number of nitrogens with zero attached hydrogens (tertiary/aromatic N) is 2. The third kappa shape index (κ3) is 19.2. The van der Waals surface area contributed by atoms with E-state index < -0.39 is 127 Å². The normalized spacial score (nSPS) is 21.4. The Balaban J connectivity index is 3.55. The number of aliphatic imine (C=N–C) groups is 1. The number of nitrogens with two attached hydrogens (primary N) is 2. The highest BCUT2D eigenvalue weighted by Crippen LogP contribution is 2.12. The SMILES string of the molecule is CN[C@H](C(=O)C(=O)CNC(=O)CN1CNC(=O)NCCCC(=O)N[C@@H](CCCN=C(N)N)C(=O)NC(CC(=O)O)C(=O)N[C@@H](C(C)C)C(=O)NC(CC(C)C)C1=O)[C@@H](C)O. The number of amides is 8. The lowest BCUT2D eigenvalue weighted by Gasteiger charge is -2.31. The highest BCUT2D eigenvalue weighted by Gasteiger charge is 2.36. The number of aliphatic carboxylic acids is 1. The molecule has 0 spiro atoms. The molecule has 0 aliphatic carbocycles. The summed E-state index contributed by atoms with van der Waals surface area (Å²) in [5.41, 5.74) is 10.7. The van der Waals surface area contributed by atoms with Crippen LogP contribution >= 0.6 is 0 Å². The third-order valence-electron chi connectivity index (χ3n) is 8.92. The van der Waals surface area contributed by atoms with Crippen molar-refractivity contribution in [3.63, 3.8) is 0 Å². The van der Waals surface area contributed by atoms with Crippen LogP contribution in [0, 0.1) is 11.8 Å². The quantitative estimate of drug-likeness (QED) is 0.0283. The summed E-state index contributed by atoms with van der Waals surface area (Å²) < 4.78 is 0. The van der Waals surface area contributed by atoms with Crippen LogP contribution in [-0.2, 0) is 43.2 Å². The molecule has 8 amide bonds. The topological polar surface area (TPSA) is 375 Å². The van der Waals surface area contributed by atoms with Crippen LogP contribution in [0.4, 0.5) is 4.79 Å². The van der Waals surface area contributed by atoms with E-state index in [0.717, 1.165) is 4.90 Å². The van der Waals surface area contributed by atoms with Gasteiger partial charge in [-0.1, -0.05) is 27.7 Å². The number of aliphatic hydroxyl groups is 1. The predicted octanol–water partition coefficient (Wildman–Crippen LogP) is -4.74. The van der Waals surface area contributed by atoms with E-state index in [0.29, 0.717) is 0 Å². The molecule has 24 nitrogen and oxygen atoms in total. The molecule has 24 heteroatoms. The van der Waals surface area contributed by atoms with Crippen molar-refractivity contribution in [1.29, 1.82) is 0 Å². The number of hydrogen-bond acceptors (Lipinski definition) is 13. The van der Waals surface area contributed by atoms with E-state index in [1.54, 1.807) is 27.7 Å². The molecule has 1 fully saturated rings. The van der Waals surface area contributed by atoms with E-state index in [-0.39, 0.29) is 57.1 Å². The van der Waals surface area contributed by atoms with Gasteiger partial charge in [-0.2, -0.15) is 0 Å². The zero-order chi connectivity index (χ0) is 45.7. The van der Waals surface area contributed by atoms with Gasteiger partial charge in [0.15, 0.2) is 5.96 Å². The monoisotopic (exact) mass is 854 g/mol. The summed E-state index contributed by atoms with van der Waals surface area (Å²) in [7, 11) is 1.36. The first-order valence-corrected chi connectivity index (χ1v) is 19.5. The minimum Gasteiger partial charge on any atom is -0.481 e. The molecule has 0 bridgehead atoms. The second kappa shape index (κ2) is 26.2. The van der Waals surface area contributed by atoms with Gasteiger partial charge in [0.2, 0.25) is 47.0 Å². The average molecular weight is 855 g/mol. The van der Waals surface area contributed by atoms with Crippen molar-refractivity contribution in [2.24, 2.45) is 28.3 Å². The molecule has 1 aliphatic heterocycles. The van der Waals surface area contributed by atoms with Crippen molar-refractivity contribution in [2.75, 3.05) is 39.9 Å². The van der Waals surface area contributed by atoms with E-state index in [9.17, 15) is 58.2 Å². The number of carboxylic acids is 1. The van der Waals surface area contributed by atoms with Crippen LogP contribution in [0.1, 0.15) is 73.1 Å². The number of carboxylic acid groups (broad SMARTS) is 1. The van der Waals surface area contributed by atoms with Gasteiger partial charge < -0.3 is 69.1 Å². The lowest BCUT2D eigenvalue weighted by Crippen LogP contribution is -2.60. The number of carbonyl (C=O) groups excluding carboxylic acids is 9. The highest BCUT2D eigenvalue weighted by molar-refractivity contribution is 6.40. The Kier molecular flexibility index (Phi) is 22.8. The number of aliphatic hydroxyl groups excluding tert-OH is 1. The lowest BCUT2D eigenvalue weighted by molar-refractivity contribution is -0.142. The minimum absolute atomic E-state index is 0.00527. The van der Waals surface area contributed by atoms with Crippen LogP contribution in [0.25, 0.3) is 0 Å². The van der Waals surface area contributed by atoms with Crippen LogP contribution in [0.5, 0.6) is 0 Å². The Morgan fingerprint density at radius 2 is 1.52 bits per heavy atom. The standard InChI is InChI=1S/C36H62N12O12/c1-18(2)13-23-34(59)48(16-26(52)42-15-24(50)30(55)29(39-6)20(5)49)17-43-36(60)41-12-8-10-25(51)44-21(9-7-11-40-35(37)38)31(56)45-22(14-27(53)54)32(57)47-28(19(3)4)33(58)46-23/h18-23,28-29,39,49H,7-17H2,1-6H3,(H,42,52)(H,44,51)(H,45,56)(H,46,58)(H,47,57)(H,53,54)(H4,37,38,40)(H2,41,43,60)/t20-,21+,22?,23?,28+,29+/m1/s1. The zero-order valence-electron chi connectivity index (χ0n) is 34.9. The van der Waals surface area contributed by atoms with E-state index in [4.69, 9.17) is 11.5 Å². The van der Waals surface area contributed by atoms with Crippen molar-refractivity contribution in [1.82, 2.24) is 47.4 Å². The van der Waals surface area contributed by atoms with E-state index in [1.807, 2.05) is 0 Å². The predicted molar refractivity (Wildman–Crippen MR) is 214 cm³/mol. The molecular formula is C36H62N12O12. The number of urea groups is 1. The van der Waals surface area contributed by atoms with Gasteiger partial charge in [0.05, 0.1) is 31.8 Å². The maximum atomic E-state index is 14.1. The summed E-state index contributed by atoms with van der Waals surface area (Å²) in [4.78, 5) is 135. The van der Waals surface area contributed by atoms with Gasteiger partial charge in [-0.3, -0.25) is 48.1 Å². The molecule has 6 atom stereocenters. The first-order valence-electron chi connectivity index (χ1n) is 19.5. The molecule has 14 N–H and O–H groups in total. The molecule has 1 heterocycles. The number of rotatable bonds is 17. The smallest absolute Gasteiger partial charge is 0.316 e. The first kappa shape index (κ1) is 52.1. The summed E-state index contributed by atoms with van der Waals surface area (Å²) in [5.74, 6) is -9.91. The molecule has 0 aromatic rings. The molecule has 1 aliphatic rings. The third-order valence-corrected chi connectivity index (χ3v) is 8.92. The van der Waals surface area contributed by atoms with Gasteiger partial charge in [0, 0.05) is 19.5 Å². The molecule has 0 saturated carbocycles.